The van der Waals surface area contributed by atoms with Crippen LogP contribution in [0.2, 0.25) is 0 Å². The standard InChI is InChI=1S/C22H29F2NO2/c1-5-27-13-12-25(26-4)15-18(22-16(2)8-6-9-17(22)3)14-19-20(23)10-7-11-21(19)24/h6-11,18H,5,12-15H2,1-4H3. The Balaban J connectivity index is 2.33. The van der Waals surface area contributed by atoms with Crippen molar-refractivity contribution in [3.05, 3.63) is 70.3 Å². The summed E-state index contributed by atoms with van der Waals surface area (Å²) in [7, 11) is 1.61. The van der Waals surface area contributed by atoms with E-state index in [1.807, 2.05) is 39.0 Å². The van der Waals surface area contributed by atoms with Crippen LogP contribution in [0.3, 0.4) is 0 Å². The minimum absolute atomic E-state index is 0.112. The molecule has 0 fully saturated rings. The van der Waals surface area contributed by atoms with Crippen LogP contribution in [0.25, 0.3) is 0 Å². The predicted octanol–water partition coefficient (Wildman–Crippen LogP) is 4.81. The first-order valence-corrected chi connectivity index (χ1v) is 9.33. The first kappa shape index (κ1) is 21.5. The van der Waals surface area contributed by atoms with Crippen LogP contribution in [0.15, 0.2) is 36.4 Å². The summed E-state index contributed by atoms with van der Waals surface area (Å²) in [6, 6.07) is 10.1. The third-order valence-corrected chi connectivity index (χ3v) is 4.83. The van der Waals surface area contributed by atoms with Gasteiger partial charge in [0.05, 0.1) is 13.7 Å². The monoisotopic (exact) mass is 377 g/mol. The van der Waals surface area contributed by atoms with E-state index in [-0.39, 0.29) is 17.9 Å². The van der Waals surface area contributed by atoms with Crippen LogP contribution < -0.4 is 0 Å². The molecule has 0 saturated heterocycles. The molecular formula is C22H29F2NO2. The summed E-state index contributed by atoms with van der Waals surface area (Å²) in [5, 5.41) is 1.80. The zero-order chi connectivity index (χ0) is 19.8. The van der Waals surface area contributed by atoms with E-state index in [9.17, 15) is 8.78 Å². The highest BCUT2D eigenvalue weighted by atomic mass is 19.1. The van der Waals surface area contributed by atoms with Crippen molar-refractivity contribution in [1.82, 2.24) is 5.06 Å². The van der Waals surface area contributed by atoms with Crippen molar-refractivity contribution in [2.75, 3.05) is 33.4 Å². The average Bonchev–Trinajstić information content (AvgIpc) is 2.63. The predicted molar refractivity (Wildman–Crippen MR) is 104 cm³/mol. The van der Waals surface area contributed by atoms with Gasteiger partial charge in [0.25, 0.3) is 0 Å². The topological polar surface area (TPSA) is 21.7 Å². The fraction of sp³-hybridized carbons (Fsp3) is 0.455. The number of hydroxylamine groups is 2. The maximum absolute atomic E-state index is 14.3. The van der Waals surface area contributed by atoms with Crippen molar-refractivity contribution >= 4 is 0 Å². The van der Waals surface area contributed by atoms with Gasteiger partial charge in [-0.2, -0.15) is 5.06 Å². The van der Waals surface area contributed by atoms with E-state index in [1.165, 1.54) is 18.2 Å². The minimum Gasteiger partial charge on any atom is -0.380 e. The lowest BCUT2D eigenvalue weighted by Crippen LogP contribution is -2.32. The van der Waals surface area contributed by atoms with E-state index in [1.54, 1.807) is 12.2 Å². The molecule has 3 nitrogen and oxygen atoms in total. The highest BCUT2D eigenvalue weighted by Crippen LogP contribution is 2.30. The van der Waals surface area contributed by atoms with Crippen molar-refractivity contribution in [2.24, 2.45) is 0 Å². The number of ether oxygens (including phenoxy) is 1. The highest BCUT2D eigenvalue weighted by molar-refractivity contribution is 5.38. The van der Waals surface area contributed by atoms with E-state index in [2.05, 4.69) is 0 Å². The summed E-state index contributed by atoms with van der Waals surface area (Å²) >= 11 is 0. The zero-order valence-corrected chi connectivity index (χ0v) is 16.6. The largest absolute Gasteiger partial charge is 0.380 e. The Morgan fingerprint density at radius 1 is 1.00 bits per heavy atom. The molecule has 5 heteroatoms. The SMILES string of the molecule is CCOCCN(CC(Cc1c(F)cccc1F)c1c(C)cccc1C)OC. The first-order chi connectivity index (χ1) is 13.0. The van der Waals surface area contributed by atoms with Crippen LogP contribution in [0.5, 0.6) is 0 Å². The first-order valence-electron chi connectivity index (χ1n) is 9.33. The molecule has 0 aromatic heterocycles. The van der Waals surface area contributed by atoms with Crippen LogP contribution in [0.4, 0.5) is 8.78 Å². The zero-order valence-electron chi connectivity index (χ0n) is 16.6. The average molecular weight is 377 g/mol. The summed E-state index contributed by atoms with van der Waals surface area (Å²) in [5.41, 5.74) is 3.44. The van der Waals surface area contributed by atoms with Gasteiger partial charge in [-0.25, -0.2) is 8.78 Å². The van der Waals surface area contributed by atoms with E-state index in [0.29, 0.717) is 26.3 Å². The van der Waals surface area contributed by atoms with E-state index < -0.39 is 11.6 Å². The van der Waals surface area contributed by atoms with E-state index >= 15 is 0 Å². The molecule has 2 rings (SSSR count). The number of halogens is 2. The molecule has 0 N–H and O–H groups in total. The molecule has 0 aliphatic rings. The maximum atomic E-state index is 14.3. The van der Waals surface area contributed by atoms with Crippen LogP contribution in [-0.4, -0.2) is 38.5 Å². The van der Waals surface area contributed by atoms with Crippen molar-refractivity contribution in [1.29, 1.82) is 0 Å². The Labute approximate surface area is 160 Å². The van der Waals surface area contributed by atoms with Crippen LogP contribution in [0.1, 0.15) is 35.1 Å². The normalized spacial score (nSPS) is 12.6. The van der Waals surface area contributed by atoms with Gasteiger partial charge in [-0.1, -0.05) is 24.3 Å². The fourth-order valence-electron chi connectivity index (χ4n) is 3.52. The molecular weight excluding hydrogens is 348 g/mol. The summed E-state index contributed by atoms with van der Waals surface area (Å²) in [5.74, 6) is -1.13. The van der Waals surface area contributed by atoms with E-state index in [0.717, 1.165) is 16.7 Å². The second-order valence-corrected chi connectivity index (χ2v) is 6.67. The molecule has 1 unspecified atom stereocenters. The molecule has 0 radical (unpaired) electrons. The lowest BCUT2D eigenvalue weighted by molar-refractivity contribution is -0.143. The quantitative estimate of drug-likeness (QED) is 0.438. The lowest BCUT2D eigenvalue weighted by atomic mass is 9.85. The van der Waals surface area contributed by atoms with Crippen LogP contribution >= 0.6 is 0 Å². The minimum atomic E-state index is -0.510. The number of benzene rings is 2. The van der Waals surface area contributed by atoms with Gasteiger partial charge >= 0.3 is 0 Å². The number of nitrogens with zero attached hydrogens (tertiary/aromatic N) is 1. The second-order valence-electron chi connectivity index (χ2n) is 6.67. The Kier molecular flexibility index (Phi) is 8.35. The van der Waals surface area contributed by atoms with Gasteiger partial charge in [-0.15, -0.1) is 0 Å². The molecule has 0 aliphatic carbocycles. The summed E-state index contributed by atoms with van der Waals surface area (Å²) < 4.78 is 34.0. The van der Waals surface area contributed by atoms with Gasteiger partial charge in [0.2, 0.25) is 0 Å². The van der Waals surface area contributed by atoms with Gasteiger partial charge in [0.15, 0.2) is 0 Å². The molecule has 148 valence electrons. The molecule has 2 aromatic rings. The molecule has 1 atom stereocenters. The van der Waals surface area contributed by atoms with Gasteiger partial charge < -0.3 is 9.57 Å². The smallest absolute Gasteiger partial charge is 0.129 e. The van der Waals surface area contributed by atoms with Crippen molar-refractivity contribution in [3.63, 3.8) is 0 Å². The third kappa shape index (κ3) is 5.83. The number of hydrogen-bond acceptors (Lipinski definition) is 3. The fourth-order valence-corrected chi connectivity index (χ4v) is 3.52. The van der Waals surface area contributed by atoms with Gasteiger partial charge in [0, 0.05) is 31.2 Å². The van der Waals surface area contributed by atoms with Crippen LogP contribution in [-0.2, 0) is 16.0 Å². The molecule has 0 bridgehead atoms. The molecule has 0 spiro atoms. The summed E-state index contributed by atoms with van der Waals surface area (Å²) in [4.78, 5) is 5.49. The molecule has 0 aliphatic heterocycles. The van der Waals surface area contributed by atoms with Crippen molar-refractivity contribution in [3.8, 4) is 0 Å². The lowest BCUT2D eigenvalue weighted by Gasteiger charge is -2.28. The Hall–Kier alpha value is -1.82. The van der Waals surface area contributed by atoms with Crippen molar-refractivity contribution in [2.45, 2.75) is 33.1 Å². The van der Waals surface area contributed by atoms with Crippen molar-refractivity contribution < 1.29 is 18.4 Å². The molecule has 0 amide bonds. The third-order valence-electron chi connectivity index (χ3n) is 4.83. The van der Waals surface area contributed by atoms with Crippen LogP contribution in [0, 0.1) is 25.5 Å². The summed E-state index contributed by atoms with van der Waals surface area (Å²) in [6.07, 6.45) is 0.263. The highest BCUT2D eigenvalue weighted by Gasteiger charge is 2.23. The second kappa shape index (κ2) is 10.5. The number of hydrogen-bond donors (Lipinski definition) is 0. The Morgan fingerprint density at radius 2 is 1.59 bits per heavy atom. The van der Waals surface area contributed by atoms with E-state index in [4.69, 9.17) is 9.57 Å². The molecule has 0 saturated carbocycles. The molecule has 27 heavy (non-hydrogen) atoms. The van der Waals surface area contributed by atoms with Gasteiger partial charge in [-0.3, -0.25) is 0 Å². The number of rotatable bonds is 10. The number of aryl methyl sites for hydroxylation is 2. The molecule has 0 heterocycles. The maximum Gasteiger partial charge on any atom is 0.129 e. The summed E-state index contributed by atoms with van der Waals surface area (Å²) in [6.45, 7) is 8.29. The van der Waals surface area contributed by atoms with Gasteiger partial charge in [-0.05, 0) is 56.0 Å². The Bertz CT molecular complexity index is 696. The van der Waals surface area contributed by atoms with Gasteiger partial charge in [0.1, 0.15) is 11.6 Å². The molecule has 2 aromatic carbocycles. The Morgan fingerprint density at radius 3 is 2.15 bits per heavy atom.